The molecule has 1 atom stereocenters. The number of ether oxygens (including phenoxy) is 2. The Hall–Kier alpha value is -0.950. The molecule has 19 heavy (non-hydrogen) atoms. The van der Waals surface area contributed by atoms with Gasteiger partial charge in [0.25, 0.3) is 0 Å². The predicted molar refractivity (Wildman–Crippen MR) is 68.7 cm³/mol. The number of nitrogens with one attached hydrogen (secondary N) is 1. The van der Waals surface area contributed by atoms with E-state index in [0.29, 0.717) is 39.2 Å². The molecular weight excluding hydrogens is 246 g/mol. The summed E-state index contributed by atoms with van der Waals surface area (Å²) in [4.78, 5) is 2.29. The van der Waals surface area contributed by atoms with Crippen LogP contribution in [0.2, 0.25) is 0 Å². The van der Waals surface area contributed by atoms with E-state index in [1.165, 1.54) is 0 Å². The van der Waals surface area contributed by atoms with Crippen LogP contribution < -0.4 is 0 Å². The topological polar surface area (TPSA) is 70.6 Å². The molecule has 2 aliphatic rings. The standard InChI is InChI=1S/C13H21N3O3/c17-13(2-6-18-7-3-13)10-16-5-8-19-9-12(16)11-1-4-14-15-11/h1,4,12,17H,2-3,5-10H2,(H,14,15)/t12-/m0/s1. The van der Waals surface area contributed by atoms with Gasteiger partial charge in [0.2, 0.25) is 0 Å². The second-order valence-corrected chi connectivity index (χ2v) is 5.41. The molecule has 2 fully saturated rings. The summed E-state index contributed by atoms with van der Waals surface area (Å²) in [6.07, 6.45) is 3.17. The average Bonchev–Trinajstić information content (AvgIpc) is 2.93. The van der Waals surface area contributed by atoms with Gasteiger partial charge < -0.3 is 14.6 Å². The Kier molecular flexibility index (Phi) is 3.83. The van der Waals surface area contributed by atoms with Crippen molar-refractivity contribution in [1.29, 1.82) is 0 Å². The van der Waals surface area contributed by atoms with Crippen molar-refractivity contribution in [3.05, 3.63) is 18.0 Å². The molecule has 3 heterocycles. The smallest absolute Gasteiger partial charge is 0.0818 e. The number of hydrogen-bond acceptors (Lipinski definition) is 5. The van der Waals surface area contributed by atoms with Gasteiger partial charge in [-0.1, -0.05) is 0 Å². The summed E-state index contributed by atoms with van der Waals surface area (Å²) in [7, 11) is 0. The highest BCUT2D eigenvalue weighted by molar-refractivity contribution is 5.06. The summed E-state index contributed by atoms with van der Waals surface area (Å²) in [6.45, 7) is 4.17. The van der Waals surface area contributed by atoms with Gasteiger partial charge in [-0.2, -0.15) is 5.10 Å². The SMILES string of the molecule is OC1(CN2CCOC[C@H]2c2ccn[nH]2)CCOCC1. The second kappa shape index (κ2) is 5.58. The van der Waals surface area contributed by atoms with Gasteiger partial charge in [-0.25, -0.2) is 0 Å². The third-order valence-corrected chi connectivity index (χ3v) is 4.04. The molecule has 3 rings (SSSR count). The molecule has 0 amide bonds. The van der Waals surface area contributed by atoms with Crippen LogP contribution in [0.5, 0.6) is 0 Å². The van der Waals surface area contributed by atoms with Crippen molar-refractivity contribution in [2.75, 3.05) is 39.5 Å². The fourth-order valence-corrected chi connectivity index (χ4v) is 2.85. The third kappa shape index (κ3) is 2.97. The van der Waals surface area contributed by atoms with Crippen LogP contribution >= 0.6 is 0 Å². The van der Waals surface area contributed by atoms with Crippen LogP contribution in [0.1, 0.15) is 24.6 Å². The van der Waals surface area contributed by atoms with Crippen molar-refractivity contribution in [1.82, 2.24) is 15.1 Å². The van der Waals surface area contributed by atoms with Crippen molar-refractivity contribution in [3.63, 3.8) is 0 Å². The van der Waals surface area contributed by atoms with Crippen LogP contribution in [-0.4, -0.2) is 65.3 Å². The molecule has 2 aliphatic heterocycles. The van der Waals surface area contributed by atoms with Gasteiger partial charge in [0.05, 0.1) is 30.6 Å². The Morgan fingerprint density at radius 2 is 2.21 bits per heavy atom. The number of aliphatic hydroxyl groups is 1. The molecule has 0 spiro atoms. The summed E-state index contributed by atoms with van der Waals surface area (Å²) in [5.74, 6) is 0. The third-order valence-electron chi connectivity index (χ3n) is 4.04. The molecule has 2 saturated heterocycles. The van der Waals surface area contributed by atoms with Crippen LogP contribution in [-0.2, 0) is 9.47 Å². The van der Waals surface area contributed by atoms with Crippen LogP contribution in [0.3, 0.4) is 0 Å². The van der Waals surface area contributed by atoms with Gasteiger partial charge >= 0.3 is 0 Å². The maximum Gasteiger partial charge on any atom is 0.0818 e. The van der Waals surface area contributed by atoms with E-state index in [1.807, 2.05) is 6.07 Å². The van der Waals surface area contributed by atoms with Crippen molar-refractivity contribution >= 4 is 0 Å². The number of hydrogen-bond donors (Lipinski definition) is 2. The maximum atomic E-state index is 10.7. The van der Waals surface area contributed by atoms with Gasteiger partial charge in [0.15, 0.2) is 0 Å². The van der Waals surface area contributed by atoms with Gasteiger partial charge in [0.1, 0.15) is 0 Å². The minimum atomic E-state index is -0.631. The van der Waals surface area contributed by atoms with E-state index < -0.39 is 5.60 Å². The second-order valence-electron chi connectivity index (χ2n) is 5.41. The van der Waals surface area contributed by atoms with Crippen molar-refractivity contribution in [2.24, 2.45) is 0 Å². The summed E-state index contributed by atoms with van der Waals surface area (Å²) in [5, 5.41) is 17.7. The highest BCUT2D eigenvalue weighted by Crippen LogP contribution is 2.28. The van der Waals surface area contributed by atoms with Crippen molar-refractivity contribution in [3.8, 4) is 0 Å². The fourth-order valence-electron chi connectivity index (χ4n) is 2.85. The van der Waals surface area contributed by atoms with Gasteiger partial charge in [-0.3, -0.25) is 10.00 Å². The molecule has 0 aromatic carbocycles. The van der Waals surface area contributed by atoms with Gasteiger partial charge in [-0.05, 0) is 6.07 Å². The number of morpholine rings is 1. The molecule has 6 heteroatoms. The molecule has 0 bridgehead atoms. The predicted octanol–water partition coefficient (Wildman–Crippen LogP) is 0.324. The lowest BCUT2D eigenvalue weighted by Gasteiger charge is -2.41. The first-order valence-electron chi connectivity index (χ1n) is 6.88. The van der Waals surface area contributed by atoms with E-state index in [4.69, 9.17) is 9.47 Å². The largest absolute Gasteiger partial charge is 0.388 e. The van der Waals surface area contributed by atoms with Crippen LogP contribution in [0.15, 0.2) is 12.3 Å². The number of rotatable bonds is 3. The summed E-state index contributed by atoms with van der Waals surface area (Å²) >= 11 is 0. The minimum absolute atomic E-state index is 0.156. The van der Waals surface area contributed by atoms with Crippen LogP contribution in [0.4, 0.5) is 0 Å². The molecule has 1 aromatic heterocycles. The van der Waals surface area contributed by atoms with Gasteiger partial charge in [-0.15, -0.1) is 0 Å². The lowest BCUT2D eigenvalue weighted by molar-refractivity contribution is -0.104. The lowest BCUT2D eigenvalue weighted by atomic mass is 9.92. The zero-order valence-electron chi connectivity index (χ0n) is 11.0. The van der Waals surface area contributed by atoms with E-state index in [1.54, 1.807) is 6.20 Å². The van der Waals surface area contributed by atoms with E-state index in [0.717, 1.165) is 18.8 Å². The molecule has 0 aliphatic carbocycles. The van der Waals surface area contributed by atoms with Crippen LogP contribution in [0, 0.1) is 0 Å². The normalized spacial score (nSPS) is 28.4. The maximum absolute atomic E-state index is 10.7. The van der Waals surface area contributed by atoms with Gasteiger partial charge in [0, 0.05) is 45.3 Å². The zero-order valence-corrected chi connectivity index (χ0v) is 11.0. The molecule has 0 unspecified atom stereocenters. The van der Waals surface area contributed by atoms with E-state index in [-0.39, 0.29) is 6.04 Å². The lowest BCUT2D eigenvalue weighted by Crippen LogP contribution is -2.51. The number of aromatic nitrogens is 2. The van der Waals surface area contributed by atoms with Crippen molar-refractivity contribution < 1.29 is 14.6 Å². The number of H-pyrrole nitrogens is 1. The van der Waals surface area contributed by atoms with E-state index in [2.05, 4.69) is 15.1 Å². The van der Waals surface area contributed by atoms with Crippen LogP contribution in [0.25, 0.3) is 0 Å². The number of β-amino-alcohol motifs (C(OH)–C–C–N with tert-alkyl or cyclic N) is 1. The highest BCUT2D eigenvalue weighted by atomic mass is 16.5. The Morgan fingerprint density at radius 3 is 2.95 bits per heavy atom. The van der Waals surface area contributed by atoms with E-state index >= 15 is 0 Å². The summed E-state index contributed by atoms with van der Waals surface area (Å²) in [6, 6.07) is 2.13. The molecular formula is C13H21N3O3. The first-order valence-corrected chi connectivity index (χ1v) is 6.88. The Balaban J connectivity index is 1.70. The molecule has 0 saturated carbocycles. The number of aromatic amines is 1. The first kappa shape index (κ1) is 13.1. The van der Waals surface area contributed by atoms with Crippen molar-refractivity contribution in [2.45, 2.75) is 24.5 Å². The average molecular weight is 267 g/mol. The zero-order chi connectivity index (χ0) is 13.1. The minimum Gasteiger partial charge on any atom is -0.388 e. The first-order chi connectivity index (χ1) is 9.27. The molecule has 2 N–H and O–H groups in total. The Bertz CT molecular complexity index is 390. The summed E-state index contributed by atoms with van der Waals surface area (Å²) in [5.41, 5.74) is 0.420. The van der Waals surface area contributed by atoms with E-state index in [9.17, 15) is 5.11 Å². The fraction of sp³-hybridized carbons (Fsp3) is 0.769. The molecule has 0 radical (unpaired) electrons. The monoisotopic (exact) mass is 267 g/mol. The molecule has 1 aromatic rings. The summed E-state index contributed by atoms with van der Waals surface area (Å²) < 4.78 is 10.9. The Labute approximate surface area is 112 Å². The molecule has 106 valence electrons. The quantitative estimate of drug-likeness (QED) is 0.825. The molecule has 6 nitrogen and oxygen atoms in total. The Morgan fingerprint density at radius 1 is 1.37 bits per heavy atom. The highest BCUT2D eigenvalue weighted by Gasteiger charge is 2.36. The number of nitrogens with zero attached hydrogens (tertiary/aromatic N) is 2.